The molecule has 0 spiro atoms. The van der Waals surface area contributed by atoms with Gasteiger partial charge in [-0.1, -0.05) is 15.9 Å². The molecule has 0 fully saturated rings. The molecule has 0 heterocycles. The highest BCUT2D eigenvalue weighted by molar-refractivity contribution is 9.10. The molecule has 88 valence electrons. The first-order valence-corrected chi connectivity index (χ1v) is 5.30. The summed E-state index contributed by atoms with van der Waals surface area (Å²) in [7, 11) is 0. The van der Waals surface area contributed by atoms with Crippen molar-refractivity contribution in [1.82, 2.24) is 5.43 Å². The summed E-state index contributed by atoms with van der Waals surface area (Å²) in [5.41, 5.74) is 7.54. The van der Waals surface area contributed by atoms with E-state index in [-0.39, 0.29) is 6.61 Å². The molecule has 3 N–H and O–H groups in total. The second-order valence-corrected chi connectivity index (χ2v) is 3.78. The molecule has 0 radical (unpaired) electrons. The maximum atomic E-state index is 10.4. The van der Waals surface area contributed by atoms with Gasteiger partial charge in [0.05, 0.1) is 6.21 Å². The molecular weight excluding hydrogens is 288 g/mol. The Labute approximate surface area is 106 Å². The van der Waals surface area contributed by atoms with Crippen molar-refractivity contribution in [3.63, 3.8) is 0 Å². The van der Waals surface area contributed by atoms with Gasteiger partial charge in [-0.15, -0.1) is 0 Å². The number of hydrogen-bond acceptors (Lipinski definition) is 4. The average Bonchev–Trinajstić information content (AvgIpc) is 2.27. The van der Waals surface area contributed by atoms with E-state index in [4.69, 9.17) is 15.7 Å². The lowest BCUT2D eigenvalue weighted by Crippen LogP contribution is -2.24. The zero-order valence-corrected chi connectivity index (χ0v) is 10.3. The number of hydrazone groups is 1. The second-order valence-electron chi connectivity index (χ2n) is 2.86. The number of carbonyl (C=O) groups is 1. The molecule has 0 bridgehead atoms. The lowest BCUT2D eigenvalue weighted by molar-refractivity contribution is 0.249. The minimum atomic E-state index is -0.754. The zero-order chi connectivity index (χ0) is 12.7. The van der Waals surface area contributed by atoms with E-state index in [1.807, 2.05) is 6.07 Å². The van der Waals surface area contributed by atoms with Gasteiger partial charge in [-0.25, -0.2) is 10.2 Å². The molecule has 0 aliphatic heterocycles. The van der Waals surface area contributed by atoms with E-state index in [1.165, 1.54) is 6.21 Å². The van der Waals surface area contributed by atoms with Crippen LogP contribution in [0.25, 0.3) is 0 Å². The largest absolute Gasteiger partial charge is 0.478 e. The lowest BCUT2D eigenvalue weighted by Gasteiger charge is -2.05. The normalized spacial score (nSPS) is 9.88. The van der Waals surface area contributed by atoms with Crippen molar-refractivity contribution in [2.75, 3.05) is 6.61 Å². The number of hydrogen-bond donors (Lipinski definition) is 2. The number of nitrogens with zero attached hydrogens (tertiary/aromatic N) is 2. The fraction of sp³-hybridized carbons (Fsp3) is 0.100. The summed E-state index contributed by atoms with van der Waals surface area (Å²) in [6.45, 7) is -0.0638. The number of nitrogens with two attached hydrogens (primary N) is 1. The van der Waals surface area contributed by atoms with Gasteiger partial charge in [0.15, 0.2) is 6.61 Å². The number of rotatable bonds is 4. The van der Waals surface area contributed by atoms with Crippen molar-refractivity contribution >= 4 is 28.2 Å². The fourth-order valence-electron chi connectivity index (χ4n) is 1.03. The highest BCUT2D eigenvalue weighted by Gasteiger charge is 2.02. The lowest BCUT2D eigenvalue weighted by atomic mass is 10.2. The van der Waals surface area contributed by atoms with E-state index in [2.05, 4.69) is 26.5 Å². The molecule has 17 heavy (non-hydrogen) atoms. The van der Waals surface area contributed by atoms with Crippen LogP contribution in [-0.2, 0) is 0 Å². The van der Waals surface area contributed by atoms with Gasteiger partial charge in [-0.3, -0.25) is 0 Å². The molecule has 0 unspecified atom stereocenters. The third-order valence-electron chi connectivity index (χ3n) is 1.64. The second kappa shape index (κ2) is 6.50. The standard InChI is InChI=1S/C10H9BrN4O2/c11-8-1-2-9(17-4-3-12)7(5-8)6-14-15-10(13)16/h1-2,5-6H,4H2,(H3,13,15,16)/b14-6+. The van der Waals surface area contributed by atoms with Crippen LogP contribution in [0.3, 0.4) is 0 Å². The Bertz CT molecular complexity index is 482. The molecule has 1 aromatic rings. The zero-order valence-electron chi connectivity index (χ0n) is 8.68. The van der Waals surface area contributed by atoms with Crippen molar-refractivity contribution in [1.29, 1.82) is 5.26 Å². The predicted octanol–water partition coefficient (Wildman–Crippen LogP) is 1.35. The Morgan fingerprint density at radius 2 is 2.47 bits per heavy atom. The summed E-state index contributed by atoms with van der Waals surface area (Å²) >= 11 is 3.29. The van der Waals surface area contributed by atoms with E-state index in [0.717, 1.165) is 4.47 Å². The molecule has 0 aromatic heterocycles. The first kappa shape index (κ1) is 13.0. The van der Waals surface area contributed by atoms with Crippen LogP contribution in [0, 0.1) is 11.3 Å². The third kappa shape index (κ3) is 4.53. The summed E-state index contributed by atoms with van der Waals surface area (Å²) < 4.78 is 6.00. The molecule has 1 rings (SSSR count). The smallest absolute Gasteiger partial charge is 0.332 e. The molecular formula is C10H9BrN4O2. The van der Waals surface area contributed by atoms with Crippen LogP contribution in [0.5, 0.6) is 5.75 Å². The SMILES string of the molecule is N#CCOc1ccc(Br)cc1/C=N/NC(N)=O. The Kier molecular flexibility index (Phi) is 4.97. The van der Waals surface area contributed by atoms with E-state index in [0.29, 0.717) is 11.3 Å². The summed E-state index contributed by atoms with van der Waals surface area (Å²) in [4.78, 5) is 10.4. The Hall–Kier alpha value is -2.07. The Morgan fingerprint density at radius 3 is 3.12 bits per heavy atom. The predicted molar refractivity (Wildman–Crippen MR) is 65.6 cm³/mol. The molecule has 6 nitrogen and oxygen atoms in total. The first-order chi connectivity index (χ1) is 8.13. The van der Waals surface area contributed by atoms with Gasteiger partial charge in [-0.05, 0) is 18.2 Å². The van der Waals surface area contributed by atoms with Crippen LogP contribution < -0.4 is 15.9 Å². The number of amides is 2. The highest BCUT2D eigenvalue weighted by atomic mass is 79.9. The van der Waals surface area contributed by atoms with Crippen LogP contribution in [0.15, 0.2) is 27.8 Å². The van der Waals surface area contributed by atoms with Crippen LogP contribution in [-0.4, -0.2) is 18.9 Å². The van der Waals surface area contributed by atoms with Crippen LogP contribution >= 0.6 is 15.9 Å². The number of halogens is 1. The van der Waals surface area contributed by atoms with E-state index in [1.54, 1.807) is 18.2 Å². The topological polar surface area (TPSA) is 100 Å². The monoisotopic (exact) mass is 296 g/mol. The minimum absolute atomic E-state index is 0.0638. The van der Waals surface area contributed by atoms with Crippen LogP contribution in [0.4, 0.5) is 4.79 Å². The number of urea groups is 1. The van der Waals surface area contributed by atoms with Crippen LogP contribution in [0.2, 0.25) is 0 Å². The quantitative estimate of drug-likeness (QED) is 0.648. The fourth-order valence-corrected chi connectivity index (χ4v) is 1.41. The maximum absolute atomic E-state index is 10.4. The molecule has 7 heteroatoms. The molecule has 0 saturated heterocycles. The molecule has 1 aromatic carbocycles. The number of nitriles is 1. The van der Waals surface area contributed by atoms with Gasteiger partial charge in [0.25, 0.3) is 0 Å². The van der Waals surface area contributed by atoms with E-state index >= 15 is 0 Å². The summed E-state index contributed by atoms with van der Waals surface area (Å²) in [5.74, 6) is 0.491. The van der Waals surface area contributed by atoms with Crippen LogP contribution in [0.1, 0.15) is 5.56 Å². The van der Waals surface area contributed by atoms with E-state index in [9.17, 15) is 4.79 Å². The maximum Gasteiger partial charge on any atom is 0.332 e. The molecule has 2 amide bonds. The summed E-state index contributed by atoms with van der Waals surface area (Å²) in [5, 5.41) is 12.0. The first-order valence-electron chi connectivity index (χ1n) is 4.51. The van der Waals surface area contributed by atoms with Gasteiger partial charge in [0.2, 0.25) is 0 Å². The molecule has 0 aliphatic rings. The number of benzene rings is 1. The van der Waals surface area contributed by atoms with Crippen molar-refractivity contribution in [3.8, 4) is 11.8 Å². The molecule has 0 atom stereocenters. The highest BCUT2D eigenvalue weighted by Crippen LogP contribution is 2.21. The Balaban J connectivity index is 2.87. The number of nitrogens with one attached hydrogen (secondary N) is 1. The van der Waals surface area contributed by atoms with Crippen molar-refractivity contribution < 1.29 is 9.53 Å². The number of carbonyl (C=O) groups excluding carboxylic acids is 1. The summed E-state index contributed by atoms with van der Waals surface area (Å²) in [6.07, 6.45) is 1.38. The van der Waals surface area contributed by atoms with Gasteiger partial charge in [-0.2, -0.15) is 10.4 Å². The average molecular weight is 297 g/mol. The third-order valence-corrected chi connectivity index (χ3v) is 2.14. The van der Waals surface area contributed by atoms with Gasteiger partial charge in [0, 0.05) is 10.0 Å². The van der Waals surface area contributed by atoms with Crippen molar-refractivity contribution in [2.45, 2.75) is 0 Å². The van der Waals surface area contributed by atoms with Gasteiger partial charge >= 0.3 is 6.03 Å². The van der Waals surface area contributed by atoms with Gasteiger partial charge in [0.1, 0.15) is 11.8 Å². The number of primary amides is 1. The number of ether oxygens (including phenoxy) is 1. The van der Waals surface area contributed by atoms with Crippen molar-refractivity contribution in [2.24, 2.45) is 10.8 Å². The summed E-state index contributed by atoms with van der Waals surface area (Å²) in [6, 6.07) is 6.30. The molecule has 0 aliphatic carbocycles. The minimum Gasteiger partial charge on any atom is -0.478 e. The van der Waals surface area contributed by atoms with Gasteiger partial charge < -0.3 is 10.5 Å². The van der Waals surface area contributed by atoms with Crippen molar-refractivity contribution in [3.05, 3.63) is 28.2 Å². The van der Waals surface area contributed by atoms with E-state index < -0.39 is 6.03 Å². The molecule has 0 saturated carbocycles. The Morgan fingerprint density at radius 1 is 1.71 bits per heavy atom.